The van der Waals surface area contributed by atoms with E-state index in [4.69, 9.17) is 0 Å². The van der Waals surface area contributed by atoms with Crippen molar-refractivity contribution in [2.45, 2.75) is 25.8 Å². The van der Waals surface area contributed by atoms with Crippen molar-refractivity contribution in [2.24, 2.45) is 0 Å². The highest BCUT2D eigenvalue weighted by atomic mass is 31.2. The van der Waals surface area contributed by atoms with E-state index in [-0.39, 0.29) is 12.1 Å². The molecule has 86 valence electrons. The lowest BCUT2D eigenvalue weighted by molar-refractivity contribution is 0.247. The summed E-state index contributed by atoms with van der Waals surface area (Å²) in [4.78, 5) is 11.0. The third-order valence-electron chi connectivity index (χ3n) is 2.72. The van der Waals surface area contributed by atoms with Crippen molar-refractivity contribution in [3.8, 4) is 0 Å². The van der Waals surface area contributed by atoms with Gasteiger partial charge in [0, 0.05) is 5.70 Å². The summed E-state index contributed by atoms with van der Waals surface area (Å²) in [6, 6.07) is -0.0139. The van der Waals surface area contributed by atoms with E-state index in [2.05, 4.69) is 37.1 Å². The number of urea groups is 1. The molecule has 2 N–H and O–H groups in total. The summed E-state index contributed by atoms with van der Waals surface area (Å²) in [7, 11) is 0. The molecule has 0 aromatic rings. The Hall–Kier alpha value is -0.690. The fourth-order valence-electron chi connectivity index (χ4n) is 1.85. The summed E-state index contributed by atoms with van der Waals surface area (Å²) in [5.41, 5.74) is 0.802. The molecule has 0 radical (unpaired) electrons. The average Bonchev–Trinajstić information content (AvgIpc) is 2.42. The van der Waals surface area contributed by atoms with Crippen LogP contribution in [-0.4, -0.2) is 37.4 Å². The number of rotatable bonds is 5. The van der Waals surface area contributed by atoms with Crippen LogP contribution in [0.1, 0.15) is 19.8 Å². The molecule has 1 aliphatic rings. The second-order valence-electron chi connectivity index (χ2n) is 4.53. The van der Waals surface area contributed by atoms with Gasteiger partial charge >= 0.3 is 6.03 Å². The van der Waals surface area contributed by atoms with Crippen LogP contribution in [0.3, 0.4) is 0 Å². The molecule has 1 aliphatic heterocycles. The molecule has 0 aliphatic carbocycles. The number of carbonyl (C=O) groups excluding carboxylic acids is 1. The van der Waals surface area contributed by atoms with E-state index in [1.807, 2.05) is 0 Å². The van der Waals surface area contributed by atoms with E-state index in [0.29, 0.717) is 0 Å². The van der Waals surface area contributed by atoms with Crippen LogP contribution in [0.5, 0.6) is 0 Å². The molecule has 0 saturated carbocycles. The zero-order valence-corrected chi connectivity index (χ0v) is 10.6. The van der Waals surface area contributed by atoms with Crippen LogP contribution in [0.25, 0.3) is 0 Å². The van der Waals surface area contributed by atoms with Gasteiger partial charge in [0.25, 0.3) is 0 Å². The first-order valence-corrected chi connectivity index (χ1v) is 8.19. The zero-order valence-electron chi connectivity index (χ0n) is 9.68. The molecule has 2 amide bonds. The van der Waals surface area contributed by atoms with Crippen molar-refractivity contribution in [2.75, 3.05) is 19.0 Å². The van der Waals surface area contributed by atoms with Gasteiger partial charge < -0.3 is 10.6 Å². The molecule has 1 fully saturated rings. The van der Waals surface area contributed by atoms with Gasteiger partial charge in [-0.2, -0.15) is 0 Å². The second kappa shape index (κ2) is 4.89. The number of hydrogen-bond acceptors (Lipinski definition) is 1. The topological polar surface area (TPSA) is 41.1 Å². The zero-order chi connectivity index (χ0) is 11.5. The van der Waals surface area contributed by atoms with Gasteiger partial charge in [0.2, 0.25) is 0 Å². The first-order valence-electron chi connectivity index (χ1n) is 5.40. The van der Waals surface area contributed by atoms with Crippen molar-refractivity contribution in [1.29, 1.82) is 0 Å². The summed E-state index contributed by atoms with van der Waals surface area (Å²) < 4.78 is 0. The lowest BCUT2D eigenvalue weighted by atomic mass is 10.2. The van der Waals surface area contributed by atoms with E-state index < -0.39 is 6.89 Å². The van der Waals surface area contributed by atoms with E-state index in [1.54, 1.807) is 0 Å². The SMILES string of the molecule is C=C1NC(=O)NC1CCP(=C)(C)CCC. The van der Waals surface area contributed by atoms with Crippen molar-refractivity contribution in [3.05, 3.63) is 12.3 Å². The Bertz CT molecular complexity index is 312. The Kier molecular flexibility index (Phi) is 4.04. The summed E-state index contributed by atoms with van der Waals surface area (Å²) in [5.74, 6) is 0. The standard InChI is InChI=1S/C11H21N2OP/c1-5-7-15(3,4)8-6-10-9(2)12-11(14)13-10/h10H,2-3,5-8H2,1,4H3,(H2,12,13,14). The number of amides is 2. The third-order valence-corrected chi connectivity index (χ3v) is 5.59. The van der Waals surface area contributed by atoms with Crippen LogP contribution < -0.4 is 10.6 Å². The van der Waals surface area contributed by atoms with Crippen molar-refractivity contribution < 1.29 is 4.79 Å². The average molecular weight is 228 g/mol. The number of nitrogens with one attached hydrogen (secondary N) is 2. The van der Waals surface area contributed by atoms with Crippen molar-refractivity contribution >= 4 is 19.2 Å². The van der Waals surface area contributed by atoms with Gasteiger partial charge in [-0.05, 0) is 25.4 Å². The Morgan fingerprint density at radius 2 is 2.13 bits per heavy atom. The molecule has 0 aromatic heterocycles. The van der Waals surface area contributed by atoms with Gasteiger partial charge in [-0.25, -0.2) is 4.79 Å². The predicted molar refractivity (Wildman–Crippen MR) is 69.2 cm³/mol. The third kappa shape index (κ3) is 3.75. The Morgan fingerprint density at radius 1 is 1.47 bits per heavy atom. The minimum atomic E-state index is -1.01. The highest BCUT2D eigenvalue weighted by Crippen LogP contribution is 2.42. The molecule has 0 aromatic carbocycles. The van der Waals surface area contributed by atoms with Gasteiger partial charge in [-0.3, -0.25) is 0 Å². The summed E-state index contributed by atoms with van der Waals surface area (Å²) in [6.07, 6.45) is 8.82. The monoisotopic (exact) mass is 228 g/mol. The van der Waals surface area contributed by atoms with E-state index in [1.165, 1.54) is 12.6 Å². The van der Waals surface area contributed by atoms with Crippen LogP contribution >= 0.6 is 6.89 Å². The van der Waals surface area contributed by atoms with Crippen LogP contribution in [0, 0.1) is 0 Å². The Labute approximate surface area is 92.3 Å². The van der Waals surface area contributed by atoms with Crippen LogP contribution in [0.15, 0.2) is 12.3 Å². The molecule has 15 heavy (non-hydrogen) atoms. The minimum absolute atomic E-state index is 0.107. The second-order valence-corrected chi connectivity index (χ2v) is 8.67. The first kappa shape index (κ1) is 12.4. The molecule has 2 atom stereocenters. The van der Waals surface area contributed by atoms with Crippen molar-refractivity contribution in [1.82, 2.24) is 10.6 Å². The predicted octanol–water partition coefficient (Wildman–Crippen LogP) is 2.06. The lowest BCUT2D eigenvalue weighted by Crippen LogP contribution is -2.27. The first-order chi connectivity index (χ1) is 6.94. The lowest BCUT2D eigenvalue weighted by Gasteiger charge is -2.20. The fraction of sp³-hybridized carbons (Fsp3) is 0.636. The highest BCUT2D eigenvalue weighted by molar-refractivity contribution is 7.73. The molecule has 4 heteroatoms. The maximum absolute atomic E-state index is 11.0. The summed E-state index contributed by atoms with van der Waals surface area (Å²) in [5, 5.41) is 5.54. The quantitative estimate of drug-likeness (QED) is 0.695. The van der Waals surface area contributed by atoms with E-state index in [9.17, 15) is 4.79 Å². The Balaban J connectivity index is 2.40. The van der Waals surface area contributed by atoms with Gasteiger partial charge in [-0.1, -0.05) is 19.9 Å². The van der Waals surface area contributed by atoms with Gasteiger partial charge in [0.1, 0.15) is 0 Å². The van der Waals surface area contributed by atoms with Gasteiger partial charge in [-0.15, -0.1) is 13.2 Å². The molecule has 0 bridgehead atoms. The fourth-order valence-corrected chi connectivity index (χ4v) is 4.04. The minimum Gasteiger partial charge on any atom is -0.330 e. The van der Waals surface area contributed by atoms with E-state index >= 15 is 0 Å². The molecular weight excluding hydrogens is 207 g/mol. The number of carbonyl (C=O) groups is 1. The molecule has 0 spiro atoms. The number of hydrogen-bond donors (Lipinski definition) is 2. The normalized spacial score (nSPS) is 24.5. The van der Waals surface area contributed by atoms with E-state index in [0.717, 1.165) is 18.3 Å². The van der Waals surface area contributed by atoms with Crippen molar-refractivity contribution in [3.63, 3.8) is 0 Å². The largest absolute Gasteiger partial charge is 0.330 e. The smallest absolute Gasteiger partial charge is 0.319 e. The van der Waals surface area contributed by atoms with Gasteiger partial charge in [0.05, 0.1) is 6.04 Å². The molecular formula is C11H21N2OP. The maximum atomic E-state index is 11.0. The molecule has 2 unspecified atom stereocenters. The highest BCUT2D eigenvalue weighted by Gasteiger charge is 2.24. The Morgan fingerprint density at radius 3 is 2.60 bits per heavy atom. The van der Waals surface area contributed by atoms with Crippen LogP contribution in [0.4, 0.5) is 4.79 Å². The molecule has 1 saturated heterocycles. The molecule has 1 rings (SSSR count). The van der Waals surface area contributed by atoms with Gasteiger partial charge in [0.15, 0.2) is 0 Å². The maximum Gasteiger partial charge on any atom is 0.319 e. The molecule has 1 heterocycles. The molecule has 3 nitrogen and oxygen atoms in total. The summed E-state index contributed by atoms with van der Waals surface area (Å²) >= 11 is 0. The summed E-state index contributed by atoms with van der Waals surface area (Å²) in [6.45, 7) is 7.30. The van der Waals surface area contributed by atoms with Crippen LogP contribution in [-0.2, 0) is 0 Å². The van der Waals surface area contributed by atoms with Crippen LogP contribution in [0.2, 0.25) is 0 Å².